The second kappa shape index (κ2) is 4.24. The number of fused-ring (bicyclic) bond motifs is 2. The van der Waals surface area contributed by atoms with Crippen molar-refractivity contribution in [1.29, 1.82) is 0 Å². The maximum absolute atomic E-state index is 12.5. The lowest BCUT2D eigenvalue weighted by Crippen LogP contribution is -2.04. The molecule has 0 aliphatic rings. The minimum Gasteiger partial charge on any atom is -0.508 e. The Balaban J connectivity index is 1.99. The molecule has 0 spiro atoms. The summed E-state index contributed by atoms with van der Waals surface area (Å²) in [6.45, 7) is 0. The molecular weight excluding hydrogens is 268 g/mol. The first-order chi connectivity index (χ1) is 10.2. The Morgan fingerprint density at radius 3 is 2.67 bits per heavy atom. The Bertz CT molecular complexity index is 1020. The minimum absolute atomic E-state index is 0.0678. The lowest BCUT2D eigenvalue weighted by atomic mass is 10.0. The zero-order valence-corrected chi connectivity index (χ0v) is 10.9. The maximum atomic E-state index is 12.5. The number of rotatable bonds is 1. The van der Waals surface area contributed by atoms with Crippen LogP contribution >= 0.6 is 0 Å². The first kappa shape index (κ1) is 11.8. The van der Waals surface area contributed by atoms with Gasteiger partial charge in [0.15, 0.2) is 5.43 Å². The summed E-state index contributed by atoms with van der Waals surface area (Å²) >= 11 is 0. The van der Waals surface area contributed by atoms with Crippen molar-refractivity contribution in [2.24, 2.45) is 0 Å². The third-order valence-corrected chi connectivity index (χ3v) is 3.55. The van der Waals surface area contributed by atoms with Crippen LogP contribution in [0.25, 0.3) is 32.9 Å². The first-order valence-electron chi connectivity index (χ1n) is 6.43. The van der Waals surface area contributed by atoms with Gasteiger partial charge in [-0.15, -0.1) is 0 Å². The Labute approximate surface area is 118 Å². The molecule has 0 saturated heterocycles. The monoisotopic (exact) mass is 278 g/mol. The van der Waals surface area contributed by atoms with Gasteiger partial charge in [-0.05, 0) is 23.8 Å². The lowest BCUT2D eigenvalue weighted by Gasteiger charge is -2.03. The fraction of sp³-hybridized carbons (Fsp3) is 0. The van der Waals surface area contributed by atoms with Crippen LogP contribution < -0.4 is 5.43 Å². The molecule has 4 aromatic rings. The molecule has 2 aromatic heterocycles. The van der Waals surface area contributed by atoms with E-state index in [0.717, 1.165) is 16.3 Å². The highest BCUT2D eigenvalue weighted by Crippen LogP contribution is 2.25. The molecule has 0 bridgehead atoms. The summed E-state index contributed by atoms with van der Waals surface area (Å²) in [5.74, 6) is 0.0678. The van der Waals surface area contributed by atoms with Crippen LogP contribution in [0.2, 0.25) is 0 Å². The number of aromatic hydroxyl groups is 1. The van der Waals surface area contributed by atoms with Crippen molar-refractivity contribution < 1.29 is 13.9 Å². The van der Waals surface area contributed by atoms with Gasteiger partial charge >= 0.3 is 0 Å². The van der Waals surface area contributed by atoms with Crippen LogP contribution in [0.4, 0.5) is 0 Å². The van der Waals surface area contributed by atoms with Crippen LogP contribution in [0.5, 0.6) is 5.75 Å². The number of phenols is 1. The van der Waals surface area contributed by atoms with E-state index in [4.69, 9.17) is 8.83 Å². The van der Waals surface area contributed by atoms with Gasteiger partial charge in [-0.1, -0.05) is 12.1 Å². The third kappa shape index (κ3) is 1.80. The molecule has 0 aliphatic carbocycles. The molecule has 0 unspecified atom stereocenters. The minimum atomic E-state index is -0.126. The van der Waals surface area contributed by atoms with Crippen LogP contribution in [-0.4, -0.2) is 5.11 Å². The molecule has 21 heavy (non-hydrogen) atoms. The summed E-state index contributed by atoms with van der Waals surface area (Å²) in [4.78, 5) is 12.5. The molecule has 1 N–H and O–H groups in total. The van der Waals surface area contributed by atoms with Crippen LogP contribution in [-0.2, 0) is 0 Å². The second-order valence-electron chi connectivity index (χ2n) is 4.87. The fourth-order valence-corrected chi connectivity index (χ4v) is 2.45. The molecule has 0 radical (unpaired) electrons. The van der Waals surface area contributed by atoms with Gasteiger partial charge in [-0.3, -0.25) is 4.79 Å². The number of hydrogen-bond acceptors (Lipinski definition) is 4. The fourth-order valence-electron chi connectivity index (χ4n) is 2.45. The summed E-state index contributed by atoms with van der Waals surface area (Å²) in [5, 5.41) is 11.8. The molecule has 0 saturated carbocycles. The van der Waals surface area contributed by atoms with Crippen molar-refractivity contribution >= 4 is 21.7 Å². The quantitative estimate of drug-likeness (QED) is 0.573. The molecule has 4 heteroatoms. The predicted octanol–water partition coefficient (Wildman–Crippen LogP) is 3.91. The summed E-state index contributed by atoms with van der Waals surface area (Å²) in [5.41, 5.74) is 1.50. The Morgan fingerprint density at radius 1 is 0.905 bits per heavy atom. The second-order valence-corrected chi connectivity index (χ2v) is 4.87. The molecule has 4 nitrogen and oxygen atoms in total. The summed E-state index contributed by atoms with van der Waals surface area (Å²) in [6, 6.07) is 10.1. The normalized spacial score (nSPS) is 11.2. The largest absolute Gasteiger partial charge is 0.508 e. The van der Waals surface area contributed by atoms with E-state index in [-0.39, 0.29) is 11.2 Å². The van der Waals surface area contributed by atoms with Crippen molar-refractivity contribution in [2.45, 2.75) is 0 Å². The zero-order chi connectivity index (χ0) is 14.4. The van der Waals surface area contributed by atoms with Gasteiger partial charge in [-0.2, -0.15) is 0 Å². The van der Waals surface area contributed by atoms with Crippen LogP contribution in [0, 0.1) is 0 Å². The number of phenolic OH excluding ortho intramolecular Hbond substituents is 1. The predicted molar refractivity (Wildman–Crippen MR) is 79.4 cm³/mol. The van der Waals surface area contributed by atoms with Crippen LogP contribution in [0.15, 0.2) is 68.8 Å². The van der Waals surface area contributed by atoms with Crippen molar-refractivity contribution in [1.82, 2.24) is 0 Å². The van der Waals surface area contributed by atoms with E-state index in [1.807, 2.05) is 18.2 Å². The van der Waals surface area contributed by atoms with Crippen molar-refractivity contribution in [2.75, 3.05) is 0 Å². The van der Waals surface area contributed by atoms with Gasteiger partial charge in [0.1, 0.15) is 17.6 Å². The van der Waals surface area contributed by atoms with Gasteiger partial charge in [0.25, 0.3) is 0 Å². The van der Waals surface area contributed by atoms with Gasteiger partial charge in [0.05, 0.1) is 23.5 Å². The van der Waals surface area contributed by atoms with Crippen molar-refractivity contribution in [3.8, 4) is 16.9 Å². The van der Waals surface area contributed by atoms with Crippen molar-refractivity contribution in [3.05, 3.63) is 65.4 Å². The Kier molecular flexibility index (Phi) is 2.38. The highest BCUT2D eigenvalue weighted by Gasteiger charge is 2.10. The zero-order valence-electron chi connectivity index (χ0n) is 10.9. The molecule has 102 valence electrons. The molecule has 0 amide bonds. The standard InChI is InChI=1S/C17H10O4/c18-13-3-4-14-16(6-13)21-9-15(17(14)19)10-1-2-11-7-20-8-12(11)5-10/h1-9,18H. The van der Waals surface area contributed by atoms with E-state index in [0.29, 0.717) is 16.5 Å². The van der Waals surface area contributed by atoms with E-state index in [9.17, 15) is 9.90 Å². The highest BCUT2D eigenvalue weighted by atomic mass is 16.3. The molecule has 2 heterocycles. The summed E-state index contributed by atoms with van der Waals surface area (Å²) in [6.07, 6.45) is 4.72. The highest BCUT2D eigenvalue weighted by molar-refractivity contribution is 5.88. The van der Waals surface area contributed by atoms with Gasteiger partial charge in [0, 0.05) is 16.8 Å². The third-order valence-electron chi connectivity index (χ3n) is 3.55. The first-order valence-corrected chi connectivity index (χ1v) is 6.43. The number of furan rings is 1. The van der Waals surface area contributed by atoms with E-state index < -0.39 is 0 Å². The average molecular weight is 278 g/mol. The average Bonchev–Trinajstić information content (AvgIpc) is 2.95. The van der Waals surface area contributed by atoms with E-state index >= 15 is 0 Å². The molecule has 0 aliphatic heterocycles. The van der Waals surface area contributed by atoms with Crippen molar-refractivity contribution in [3.63, 3.8) is 0 Å². The van der Waals surface area contributed by atoms with E-state index in [1.165, 1.54) is 18.4 Å². The van der Waals surface area contributed by atoms with E-state index in [1.54, 1.807) is 18.6 Å². The molecule has 4 rings (SSSR count). The molecule has 2 aromatic carbocycles. The van der Waals surface area contributed by atoms with Gasteiger partial charge in [0.2, 0.25) is 0 Å². The Morgan fingerprint density at radius 2 is 1.76 bits per heavy atom. The summed E-state index contributed by atoms with van der Waals surface area (Å²) < 4.78 is 10.6. The molecule has 0 fully saturated rings. The topological polar surface area (TPSA) is 63.6 Å². The lowest BCUT2D eigenvalue weighted by molar-refractivity contribution is 0.474. The van der Waals surface area contributed by atoms with E-state index in [2.05, 4.69) is 0 Å². The molecular formula is C17H10O4. The summed E-state index contributed by atoms with van der Waals surface area (Å²) in [7, 11) is 0. The van der Waals surface area contributed by atoms with Gasteiger partial charge < -0.3 is 13.9 Å². The maximum Gasteiger partial charge on any atom is 0.200 e. The number of hydrogen-bond donors (Lipinski definition) is 1. The smallest absolute Gasteiger partial charge is 0.200 e. The molecule has 0 atom stereocenters. The van der Waals surface area contributed by atoms with Crippen LogP contribution in [0.3, 0.4) is 0 Å². The Hall–Kier alpha value is -3.01. The van der Waals surface area contributed by atoms with Crippen LogP contribution in [0.1, 0.15) is 0 Å². The van der Waals surface area contributed by atoms with Gasteiger partial charge in [-0.25, -0.2) is 0 Å². The SMILES string of the molecule is O=c1c(-c2ccc3cocc3c2)coc2cc(O)ccc12. The number of benzene rings is 2.